The molecule has 18 heavy (non-hydrogen) atoms. The molecule has 0 bridgehead atoms. The van der Waals surface area contributed by atoms with Crippen LogP contribution >= 0.6 is 0 Å². The van der Waals surface area contributed by atoms with Crippen molar-refractivity contribution in [1.29, 1.82) is 0 Å². The molecule has 1 saturated carbocycles. The molecule has 1 N–H and O–H groups in total. The molecule has 0 amide bonds. The van der Waals surface area contributed by atoms with E-state index in [1.807, 2.05) is 0 Å². The Labute approximate surface area is 114 Å². The molecule has 2 fully saturated rings. The van der Waals surface area contributed by atoms with Gasteiger partial charge in [-0.1, -0.05) is 40.0 Å². The summed E-state index contributed by atoms with van der Waals surface area (Å²) in [6.07, 6.45) is 7.03. The summed E-state index contributed by atoms with van der Waals surface area (Å²) in [5.41, 5.74) is 0.811. The molecule has 0 aromatic rings. The van der Waals surface area contributed by atoms with Crippen molar-refractivity contribution >= 4 is 0 Å². The molecule has 1 aliphatic carbocycles. The summed E-state index contributed by atoms with van der Waals surface area (Å²) in [5, 5.41) is 3.88. The minimum atomic E-state index is 0.376. The Bertz CT molecular complexity index is 273. The van der Waals surface area contributed by atoms with E-state index in [0.717, 1.165) is 0 Å². The van der Waals surface area contributed by atoms with Crippen LogP contribution in [0.25, 0.3) is 0 Å². The van der Waals surface area contributed by atoms with Gasteiger partial charge in [-0.25, -0.2) is 0 Å². The fraction of sp³-hybridized carbons (Fsp3) is 1.00. The quantitative estimate of drug-likeness (QED) is 0.769. The van der Waals surface area contributed by atoms with Crippen LogP contribution in [0.2, 0.25) is 0 Å². The summed E-state index contributed by atoms with van der Waals surface area (Å²) in [7, 11) is 0. The maximum absolute atomic E-state index is 3.88. The highest BCUT2D eigenvalue weighted by molar-refractivity contribution is 5.01. The number of piperazine rings is 1. The van der Waals surface area contributed by atoms with Gasteiger partial charge >= 0.3 is 0 Å². The lowest BCUT2D eigenvalue weighted by atomic mass is 9.77. The van der Waals surface area contributed by atoms with Gasteiger partial charge in [-0.15, -0.1) is 0 Å². The maximum Gasteiger partial charge on any atom is 0.0309 e. The molecule has 106 valence electrons. The summed E-state index contributed by atoms with van der Waals surface area (Å²) in [6, 6.07) is 1.33. The van der Waals surface area contributed by atoms with Gasteiger partial charge in [-0.2, -0.15) is 0 Å². The largest absolute Gasteiger partial charge is 0.308 e. The van der Waals surface area contributed by atoms with Crippen molar-refractivity contribution in [2.24, 2.45) is 5.41 Å². The van der Waals surface area contributed by atoms with Gasteiger partial charge in [0.15, 0.2) is 0 Å². The lowest BCUT2D eigenvalue weighted by molar-refractivity contribution is 0.000757. The number of nitrogens with zero attached hydrogens (tertiary/aromatic N) is 1. The van der Waals surface area contributed by atoms with Crippen molar-refractivity contribution in [2.45, 2.75) is 84.3 Å². The number of nitrogens with one attached hydrogen (secondary N) is 1. The molecule has 2 heteroatoms. The SMILES string of the molecule is CC1CNC2(CCCCC2)CN1C(C)C(C)(C)C. The fourth-order valence-corrected chi connectivity index (χ4v) is 3.62. The summed E-state index contributed by atoms with van der Waals surface area (Å²) in [6.45, 7) is 14.3. The van der Waals surface area contributed by atoms with Crippen molar-refractivity contribution in [3.8, 4) is 0 Å². The van der Waals surface area contributed by atoms with Crippen LogP contribution in [0.4, 0.5) is 0 Å². The third-order valence-electron chi connectivity index (χ3n) is 5.39. The van der Waals surface area contributed by atoms with Crippen LogP contribution in [0.5, 0.6) is 0 Å². The van der Waals surface area contributed by atoms with E-state index in [1.165, 1.54) is 45.2 Å². The average Bonchev–Trinajstić information content (AvgIpc) is 2.32. The molecule has 0 aromatic heterocycles. The summed E-state index contributed by atoms with van der Waals surface area (Å²) >= 11 is 0. The fourth-order valence-electron chi connectivity index (χ4n) is 3.62. The molecule has 2 unspecified atom stereocenters. The zero-order chi connectivity index (χ0) is 13.4. The predicted octanol–water partition coefficient (Wildman–Crippen LogP) is 3.42. The highest BCUT2D eigenvalue weighted by Gasteiger charge is 2.41. The monoisotopic (exact) mass is 252 g/mol. The second-order valence-corrected chi connectivity index (χ2v) is 7.79. The van der Waals surface area contributed by atoms with Gasteiger partial charge < -0.3 is 5.32 Å². The molecule has 2 aliphatic rings. The van der Waals surface area contributed by atoms with Crippen molar-refractivity contribution in [3.63, 3.8) is 0 Å². The van der Waals surface area contributed by atoms with E-state index in [1.54, 1.807) is 0 Å². The van der Waals surface area contributed by atoms with Crippen LogP contribution in [0, 0.1) is 5.41 Å². The Morgan fingerprint density at radius 2 is 1.78 bits per heavy atom. The second-order valence-electron chi connectivity index (χ2n) is 7.79. The zero-order valence-corrected chi connectivity index (χ0v) is 13.1. The van der Waals surface area contributed by atoms with E-state index in [-0.39, 0.29) is 0 Å². The Hall–Kier alpha value is -0.0800. The van der Waals surface area contributed by atoms with Gasteiger partial charge in [-0.05, 0) is 32.1 Å². The van der Waals surface area contributed by atoms with Crippen molar-refractivity contribution < 1.29 is 0 Å². The Morgan fingerprint density at radius 3 is 2.33 bits per heavy atom. The first-order chi connectivity index (χ1) is 8.34. The van der Waals surface area contributed by atoms with Crippen LogP contribution < -0.4 is 5.32 Å². The molecule has 0 radical (unpaired) electrons. The molecule has 1 spiro atoms. The van der Waals surface area contributed by atoms with E-state index < -0.39 is 0 Å². The number of rotatable bonds is 1. The van der Waals surface area contributed by atoms with Gasteiger partial charge in [0.2, 0.25) is 0 Å². The molecular formula is C16H32N2. The van der Waals surface area contributed by atoms with Crippen LogP contribution in [0.3, 0.4) is 0 Å². The lowest BCUT2D eigenvalue weighted by Gasteiger charge is -2.53. The minimum Gasteiger partial charge on any atom is -0.308 e. The minimum absolute atomic E-state index is 0.376. The highest BCUT2D eigenvalue weighted by atomic mass is 15.3. The zero-order valence-electron chi connectivity index (χ0n) is 13.1. The molecule has 2 rings (SSSR count). The molecule has 1 saturated heterocycles. The Morgan fingerprint density at radius 1 is 1.17 bits per heavy atom. The standard InChI is InChI=1S/C16H32N2/c1-13-11-17-16(9-7-6-8-10-16)12-18(13)14(2)15(3,4)5/h13-14,17H,6-12H2,1-5H3. The first kappa shape index (κ1) is 14.3. The lowest BCUT2D eigenvalue weighted by Crippen LogP contribution is -2.66. The summed E-state index contributed by atoms with van der Waals surface area (Å²) in [4.78, 5) is 2.77. The second kappa shape index (κ2) is 5.13. The third-order valence-corrected chi connectivity index (χ3v) is 5.39. The van der Waals surface area contributed by atoms with Gasteiger partial charge in [0.1, 0.15) is 0 Å². The average molecular weight is 252 g/mol. The van der Waals surface area contributed by atoms with Gasteiger partial charge in [-0.3, -0.25) is 4.90 Å². The van der Waals surface area contributed by atoms with Gasteiger partial charge in [0, 0.05) is 30.7 Å². The normalized spacial score (nSPS) is 31.5. The van der Waals surface area contributed by atoms with Crippen LogP contribution in [0.1, 0.15) is 66.7 Å². The molecule has 1 aliphatic heterocycles. The van der Waals surface area contributed by atoms with Crippen LogP contribution in [0.15, 0.2) is 0 Å². The highest BCUT2D eigenvalue weighted by Crippen LogP contribution is 2.35. The van der Waals surface area contributed by atoms with E-state index in [4.69, 9.17) is 0 Å². The van der Waals surface area contributed by atoms with Crippen LogP contribution in [-0.2, 0) is 0 Å². The topological polar surface area (TPSA) is 15.3 Å². The number of hydrogen-bond donors (Lipinski definition) is 1. The molecule has 1 heterocycles. The van der Waals surface area contributed by atoms with E-state index in [0.29, 0.717) is 23.0 Å². The maximum atomic E-state index is 3.88. The Balaban J connectivity index is 2.09. The summed E-state index contributed by atoms with van der Waals surface area (Å²) in [5.74, 6) is 0. The third kappa shape index (κ3) is 2.91. The van der Waals surface area contributed by atoms with E-state index in [9.17, 15) is 0 Å². The van der Waals surface area contributed by atoms with E-state index >= 15 is 0 Å². The van der Waals surface area contributed by atoms with Gasteiger partial charge in [0.05, 0.1) is 0 Å². The molecule has 2 nitrogen and oxygen atoms in total. The van der Waals surface area contributed by atoms with Gasteiger partial charge in [0.25, 0.3) is 0 Å². The smallest absolute Gasteiger partial charge is 0.0309 e. The first-order valence-electron chi connectivity index (χ1n) is 7.85. The predicted molar refractivity (Wildman–Crippen MR) is 78.9 cm³/mol. The Kier molecular flexibility index (Phi) is 4.08. The summed E-state index contributed by atoms with van der Waals surface area (Å²) < 4.78 is 0. The molecule has 0 aromatic carbocycles. The van der Waals surface area contributed by atoms with Crippen molar-refractivity contribution in [3.05, 3.63) is 0 Å². The molecular weight excluding hydrogens is 220 g/mol. The van der Waals surface area contributed by atoms with Crippen molar-refractivity contribution in [1.82, 2.24) is 10.2 Å². The first-order valence-corrected chi connectivity index (χ1v) is 7.85. The number of hydrogen-bond acceptors (Lipinski definition) is 2. The van der Waals surface area contributed by atoms with Crippen molar-refractivity contribution in [2.75, 3.05) is 13.1 Å². The van der Waals surface area contributed by atoms with Crippen LogP contribution in [-0.4, -0.2) is 35.6 Å². The van der Waals surface area contributed by atoms with E-state index in [2.05, 4.69) is 44.8 Å². The molecule has 2 atom stereocenters.